The standard InChI is InChI=1S/C20H28N2O3/c1-5-7-11-24-19-18(25-12-10-14(3)4)16-9-8-15(21-6-2)13-17(16)22-20(19)23/h8-10,13,21H,5-7,11-12H2,1-4H3,(H,22,23). The summed E-state index contributed by atoms with van der Waals surface area (Å²) in [5.74, 6) is 0.773. The molecule has 0 aliphatic heterocycles. The van der Waals surface area contributed by atoms with Crippen LogP contribution in [0.5, 0.6) is 11.5 Å². The number of anilines is 1. The number of H-pyrrole nitrogens is 1. The molecule has 0 radical (unpaired) electrons. The highest BCUT2D eigenvalue weighted by atomic mass is 16.5. The minimum Gasteiger partial charge on any atom is -0.485 e. The van der Waals surface area contributed by atoms with Crippen LogP contribution in [-0.4, -0.2) is 24.7 Å². The van der Waals surface area contributed by atoms with Crippen LogP contribution >= 0.6 is 0 Å². The maximum atomic E-state index is 12.5. The van der Waals surface area contributed by atoms with E-state index < -0.39 is 0 Å². The Morgan fingerprint density at radius 2 is 2.00 bits per heavy atom. The molecule has 25 heavy (non-hydrogen) atoms. The Morgan fingerprint density at radius 1 is 1.20 bits per heavy atom. The number of aromatic nitrogens is 1. The van der Waals surface area contributed by atoms with Crippen LogP contribution in [0.15, 0.2) is 34.6 Å². The third kappa shape index (κ3) is 5.02. The molecule has 1 heterocycles. The molecule has 5 heteroatoms. The lowest BCUT2D eigenvalue weighted by Gasteiger charge is -2.14. The van der Waals surface area contributed by atoms with E-state index in [0.717, 1.165) is 41.5 Å². The zero-order valence-corrected chi connectivity index (χ0v) is 15.6. The molecule has 0 bridgehead atoms. The summed E-state index contributed by atoms with van der Waals surface area (Å²) in [5.41, 5.74) is 2.60. The van der Waals surface area contributed by atoms with Crippen LogP contribution in [0.4, 0.5) is 5.69 Å². The minimum atomic E-state index is -0.260. The Labute approximate surface area is 149 Å². The van der Waals surface area contributed by atoms with E-state index in [4.69, 9.17) is 9.47 Å². The monoisotopic (exact) mass is 344 g/mol. The van der Waals surface area contributed by atoms with Crippen molar-refractivity contribution in [3.05, 3.63) is 40.2 Å². The molecule has 1 aromatic carbocycles. The smallest absolute Gasteiger partial charge is 0.294 e. The first-order valence-corrected chi connectivity index (χ1v) is 8.89. The fourth-order valence-electron chi connectivity index (χ4n) is 2.45. The van der Waals surface area contributed by atoms with E-state index in [-0.39, 0.29) is 11.3 Å². The molecule has 1 aromatic heterocycles. The summed E-state index contributed by atoms with van der Waals surface area (Å²) in [6.07, 6.45) is 3.88. The summed E-state index contributed by atoms with van der Waals surface area (Å²) in [4.78, 5) is 15.4. The number of fused-ring (bicyclic) bond motifs is 1. The second-order valence-corrected chi connectivity index (χ2v) is 6.20. The van der Waals surface area contributed by atoms with Crippen LogP contribution in [0, 0.1) is 0 Å². The number of rotatable bonds is 9. The molecular formula is C20H28N2O3. The number of benzene rings is 1. The summed E-state index contributed by atoms with van der Waals surface area (Å²) >= 11 is 0. The van der Waals surface area contributed by atoms with Crippen LogP contribution in [0.3, 0.4) is 0 Å². The van der Waals surface area contributed by atoms with Crippen LogP contribution in [0.25, 0.3) is 10.9 Å². The van der Waals surface area contributed by atoms with Crippen molar-refractivity contribution in [1.82, 2.24) is 4.98 Å². The van der Waals surface area contributed by atoms with Crippen molar-refractivity contribution < 1.29 is 9.47 Å². The molecule has 5 nitrogen and oxygen atoms in total. The largest absolute Gasteiger partial charge is 0.485 e. The number of ether oxygens (including phenoxy) is 2. The third-order valence-electron chi connectivity index (χ3n) is 3.77. The molecular weight excluding hydrogens is 316 g/mol. The summed E-state index contributed by atoms with van der Waals surface area (Å²) < 4.78 is 11.7. The molecule has 0 spiro atoms. The van der Waals surface area contributed by atoms with Crippen molar-refractivity contribution in [3.63, 3.8) is 0 Å². The van der Waals surface area contributed by atoms with Crippen molar-refractivity contribution in [1.29, 1.82) is 0 Å². The first-order chi connectivity index (χ1) is 12.1. The lowest BCUT2D eigenvalue weighted by Crippen LogP contribution is -2.15. The van der Waals surface area contributed by atoms with Gasteiger partial charge < -0.3 is 19.8 Å². The van der Waals surface area contributed by atoms with Gasteiger partial charge in [0.1, 0.15) is 6.61 Å². The van der Waals surface area contributed by atoms with Gasteiger partial charge in [-0.3, -0.25) is 4.79 Å². The Morgan fingerprint density at radius 3 is 2.68 bits per heavy atom. The van der Waals surface area contributed by atoms with E-state index in [0.29, 0.717) is 19.0 Å². The van der Waals surface area contributed by atoms with Crippen LogP contribution in [0.1, 0.15) is 40.5 Å². The van der Waals surface area contributed by atoms with E-state index >= 15 is 0 Å². The SMILES string of the molecule is CCCCOc1c(OCC=C(C)C)c2ccc(NCC)cc2[nH]c1=O. The van der Waals surface area contributed by atoms with Gasteiger partial charge in [0.2, 0.25) is 5.75 Å². The topological polar surface area (TPSA) is 63.4 Å². The number of allylic oxidation sites excluding steroid dienone is 1. The quantitative estimate of drug-likeness (QED) is 0.520. The average molecular weight is 344 g/mol. The highest BCUT2D eigenvalue weighted by molar-refractivity contribution is 5.89. The van der Waals surface area contributed by atoms with Gasteiger partial charge in [-0.25, -0.2) is 0 Å². The number of hydrogen-bond donors (Lipinski definition) is 2. The van der Waals surface area contributed by atoms with Gasteiger partial charge >= 0.3 is 0 Å². The van der Waals surface area contributed by atoms with Gasteiger partial charge in [0.15, 0.2) is 5.75 Å². The molecule has 136 valence electrons. The Kier molecular flexibility index (Phi) is 6.92. The second-order valence-electron chi connectivity index (χ2n) is 6.20. The second kappa shape index (κ2) is 9.16. The summed E-state index contributed by atoms with van der Waals surface area (Å²) in [5, 5.41) is 4.09. The molecule has 0 unspecified atom stereocenters. The van der Waals surface area contributed by atoms with Crippen LogP contribution < -0.4 is 20.3 Å². The summed E-state index contributed by atoms with van der Waals surface area (Å²) in [6.45, 7) is 9.87. The van der Waals surface area contributed by atoms with E-state index in [1.807, 2.05) is 45.0 Å². The van der Waals surface area contributed by atoms with E-state index in [1.165, 1.54) is 0 Å². The minimum absolute atomic E-state index is 0.260. The zero-order valence-electron chi connectivity index (χ0n) is 15.6. The molecule has 2 N–H and O–H groups in total. The maximum absolute atomic E-state index is 12.5. The van der Waals surface area contributed by atoms with Gasteiger partial charge in [0.25, 0.3) is 5.56 Å². The molecule has 2 rings (SSSR count). The molecule has 0 atom stereocenters. The Bertz CT molecular complexity index is 789. The Hall–Kier alpha value is -2.43. The van der Waals surface area contributed by atoms with Gasteiger partial charge in [-0.15, -0.1) is 0 Å². The fraction of sp³-hybridized carbons (Fsp3) is 0.450. The predicted octanol–water partition coefficient (Wildman–Crippen LogP) is 4.48. The first-order valence-electron chi connectivity index (χ1n) is 8.89. The van der Waals surface area contributed by atoms with Gasteiger partial charge in [-0.2, -0.15) is 0 Å². The van der Waals surface area contributed by atoms with Crippen molar-refractivity contribution in [2.24, 2.45) is 0 Å². The van der Waals surface area contributed by atoms with Gasteiger partial charge in [0, 0.05) is 17.6 Å². The maximum Gasteiger partial charge on any atom is 0.294 e. The van der Waals surface area contributed by atoms with E-state index in [9.17, 15) is 4.79 Å². The van der Waals surface area contributed by atoms with Gasteiger partial charge in [0.05, 0.1) is 12.1 Å². The summed E-state index contributed by atoms with van der Waals surface area (Å²) in [6, 6.07) is 5.85. The average Bonchev–Trinajstić information content (AvgIpc) is 2.56. The molecule has 0 aliphatic rings. The van der Waals surface area contributed by atoms with Crippen molar-refractivity contribution in [3.8, 4) is 11.5 Å². The summed E-state index contributed by atoms with van der Waals surface area (Å²) in [7, 11) is 0. The highest BCUT2D eigenvalue weighted by Gasteiger charge is 2.16. The predicted molar refractivity (Wildman–Crippen MR) is 104 cm³/mol. The highest BCUT2D eigenvalue weighted by Crippen LogP contribution is 2.33. The van der Waals surface area contributed by atoms with E-state index in [2.05, 4.69) is 17.2 Å². The van der Waals surface area contributed by atoms with Crippen LogP contribution in [-0.2, 0) is 0 Å². The molecule has 0 saturated heterocycles. The van der Waals surface area contributed by atoms with Gasteiger partial charge in [-0.05, 0) is 51.5 Å². The number of aromatic amines is 1. The number of nitrogens with one attached hydrogen (secondary N) is 2. The first kappa shape index (κ1) is 18.9. The van der Waals surface area contributed by atoms with Crippen molar-refractivity contribution >= 4 is 16.6 Å². The lowest BCUT2D eigenvalue weighted by molar-refractivity contribution is 0.277. The zero-order chi connectivity index (χ0) is 18.2. The van der Waals surface area contributed by atoms with E-state index in [1.54, 1.807) is 0 Å². The fourth-order valence-corrected chi connectivity index (χ4v) is 2.45. The third-order valence-corrected chi connectivity index (χ3v) is 3.77. The normalized spacial score (nSPS) is 10.6. The molecule has 0 amide bonds. The van der Waals surface area contributed by atoms with Crippen molar-refractivity contribution in [2.75, 3.05) is 25.1 Å². The van der Waals surface area contributed by atoms with Crippen molar-refractivity contribution in [2.45, 2.75) is 40.5 Å². The number of hydrogen-bond acceptors (Lipinski definition) is 4. The van der Waals surface area contributed by atoms with Crippen LogP contribution in [0.2, 0.25) is 0 Å². The molecule has 0 saturated carbocycles. The molecule has 0 aliphatic carbocycles. The molecule has 0 fully saturated rings. The van der Waals surface area contributed by atoms with Gasteiger partial charge in [-0.1, -0.05) is 18.9 Å². The number of unbranched alkanes of at least 4 members (excludes halogenated alkanes) is 1. The lowest BCUT2D eigenvalue weighted by atomic mass is 10.1. The number of pyridine rings is 1. The Balaban J connectivity index is 2.47. The molecule has 2 aromatic rings.